The second-order valence-electron chi connectivity index (χ2n) is 4.36. The van der Waals surface area contributed by atoms with E-state index in [1.54, 1.807) is 0 Å². The quantitative estimate of drug-likeness (QED) is 0.419. The fourth-order valence-corrected chi connectivity index (χ4v) is 2.11. The van der Waals surface area contributed by atoms with Gasteiger partial charge in [-0.15, -0.1) is 24.0 Å². The summed E-state index contributed by atoms with van der Waals surface area (Å²) in [6.07, 6.45) is 2.21. The van der Waals surface area contributed by atoms with Crippen LogP contribution in [0.5, 0.6) is 0 Å². The molecule has 0 aromatic rings. The van der Waals surface area contributed by atoms with Gasteiger partial charge in [0.05, 0.1) is 13.2 Å². The van der Waals surface area contributed by atoms with E-state index in [0.29, 0.717) is 19.2 Å². The molecule has 2 heterocycles. The van der Waals surface area contributed by atoms with Crippen molar-refractivity contribution in [2.75, 3.05) is 45.9 Å². The molecule has 0 saturated carbocycles. The maximum Gasteiger partial charge on any atom is 0.244 e. The second kappa shape index (κ2) is 7.78. The Bertz CT molecular complexity index is 299. The number of carbonyl (C=O) groups is 1. The lowest BCUT2D eigenvalue weighted by Gasteiger charge is -2.27. The van der Waals surface area contributed by atoms with Gasteiger partial charge >= 0.3 is 0 Å². The zero-order valence-electron chi connectivity index (χ0n) is 10.5. The minimum atomic E-state index is 0. The van der Waals surface area contributed by atoms with Gasteiger partial charge in [-0.05, 0) is 12.8 Å². The predicted molar refractivity (Wildman–Crippen MR) is 80.1 cm³/mol. The molecule has 0 aliphatic carbocycles. The van der Waals surface area contributed by atoms with E-state index in [-0.39, 0.29) is 36.4 Å². The van der Waals surface area contributed by atoms with Gasteiger partial charge in [0, 0.05) is 26.2 Å². The van der Waals surface area contributed by atoms with Crippen LogP contribution in [0.2, 0.25) is 0 Å². The van der Waals surface area contributed by atoms with Crippen molar-refractivity contribution in [2.45, 2.75) is 12.8 Å². The first kappa shape index (κ1) is 15.5. The molecule has 2 N–H and O–H groups in total. The third-order valence-electron chi connectivity index (χ3n) is 3.17. The van der Waals surface area contributed by atoms with Gasteiger partial charge in [-0.1, -0.05) is 0 Å². The van der Waals surface area contributed by atoms with Crippen LogP contribution in [0.25, 0.3) is 0 Å². The van der Waals surface area contributed by atoms with Crippen molar-refractivity contribution < 1.29 is 9.53 Å². The van der Waals surface area contributed by atoms with Crippen LogP contribution in [0.3, 0.4) is 0 Å². The first-order valence-corrected chi connectivity index (χ1v) is 6.18. The number of guanidine groups is 1. The minimum absolute atomic E-state index is 0. The summed E-state index contributed by atoms with van der Waals surface area (Å²) in [6.45, 7) is 4.77. The molecule has 0 bridgehead atoms. The highest BCUT2D eigenvalue weighted by atomic mass is 127. The molecule has 2 aliphatic rings. The number of morpholine rings is 1. The Balaban J connectivity index is 0.00000162. The molecule has 0 unspecified atom stereocenters. The van der Waals surface area contributed by atoms with Crippen LogP contribution < -0.4 is 5.73 Å². The lowest BCUT2D eigenvalue weighted by atomic mass is 10.4. The van der Waals surface area contributed by atoms with Gasteiger partial charge in [0.2, 0.25) is 5.91 Å². The van der Waals surface area contributed by atoms with Crippen LogP contribution in [0.15, 0.2) is 4.99 Å². The van der Waals surface area contributed by atoms with Crippen LogP contribution in [-0.2, 0) is 9.53 Å². The molecule has 2 saturated heterocycles. The number of halogens is 1. The van der Waals surface area contributed by atoms with Crippen molar-refractivity contribution in [3.05, 3.63) is 0 Å². The summed E-state index contributed by atoms with van der Waals surface area (Å²) in [5, 5.41) is 0. The molecular weight excluding hydrogens is 347 g/mol. The number of hydrogen-bond acceptors (Lipinski definition) is 3. The Morgan fingerprint density at radius 1 is 1.11 bits per heavy atom. The molecule has 0 atom stereocenters. The number of nitrogens with two attached hydrogens (primary N) is 1. The number of aliphatic imine (C=N–C) groups is 1. The van der Waals surface area contributed by atoms with Crippen LogP contribution >= 0.6 is 24.0 Å². The van der Waals surface area contributed by atoms with E-state index in [1.807, 2.05) is 9.80 Å². The number of rotatable bonds is 2. The maximum atomic E-state index is 11.8. The number of likely N-dealkylation sites (tertiary alicyclic amines) is 1. The Kier molecular flexibility index (Phi) is 6.69. The average Bonchev–Trinajstić information content (AvgIpc) is 2.90. The van der Waals surface area contributed by atoms with Gasteiger partial charge in [-0.25, -0.2) is 4.99 Å². The Morgan fingerprint density at radius 2 is 1.72 bits per heavy atom. The van der Waals surface area contributed by atoms with E-state index in [0.717, 1.165) is 39.0 Å². The molecule has 2 rings (SSSR count). The van der Waals surface area contributed by atoms with Gasteiger partial charge < -0.3 is 20.3 Å². The molecule has 18 heavy (non-hydrogen) atoms. The summed E-state index contributed by atoms with van der Waals surface area (Å²) in [5.74, 6) is 0.541. The largest absolute Gasteiger partial charge is 0.378 e. The van der Waals surface area contributed by atoms with Gasteiger partial charge in [0.1, 0.15) is 6.54 Å². The zero-order chi connectivity index (χ0) is 12.1. The smallest absolute Gasteiger partial charge is 0.244 e. The monoisotopic (exact) mass is 368 g/mol. The van der Waals surface area contributed by atoms with Crippen LogP contribution in [0.4, 0.5) is 0 Å². The van der Waals surface area contributed by atoms with Gasteiger partial charge in [0.25, 0.3) is 0 Å². The minimum Gasteiger partial charge on any atom is -0.378 e. The summed E-state index contributed by atoms with van der Waals surface area (Å²) < 4.78 is 5.23. The number of carbonyl (C=O) groups excluding carboxylic acids is 1. The van der Waals surface area contributed by atoms with Crippen molar-refractivity contribution >= 4 is 35.8 Å². The van der Waals surface area contributed by atoms with E-state index >= 15 is 0 Å². The summed E-state index contributed by atoms with van der Waals surface area (Å²) in [6, 6.07) is 0. The maximum absolute atomic E-state index is 11.8. The molecule has 2 aliphatic heterocycles. The van der Waals surface area contributed by atoms with Crippen molar-refractivity contribution in [3.8, 4) is 0 Å². The van der Waals surface area contributed by atoms with Crippen molar-refractivity contribution in [1.82, 2.24) is 9.80 Å². The normalized spacial score (nSPS) is 20.8. The summed E-state index contributed by atoms with van der Waals surface area (Å²) in [7, 11) is 0. The fraction of sp³-hybridized carbons (Fsp3) is 0.818. The Hall–Kier alpha value is -0.570. The molecule has 2 fully saturated rings. The van der Waals surface area contributed by atoms with E-state index in [2.05, 4.69) is 4.99 Å². The van der Waals surface area contributed by atoms with E-state index in [9.17, 15) is 4.79 Å². The summed E-state index contributed by atoms with van der Waals surface area (Å²) >= 11 is 0. The van der Waals surface area contributed by atoms with Gasteiger partial charge in [-0.3, -0.25) is 4.79 Å². The summed E-state index contributed by atoms with van der Waals surface area (Å²) in [5.41, 5.74) is 5.85. The van der Waals surface area contributed by atoms with E-state index in [4.69, 9.17) is 10.5 Å². The SMILES string of the molecule is I.NC(=NCC(=O)N1CCCC1)N1CCOCC1. The highest BCUT2D eigenvalue weighted by Gasteiger charge is 2.18. The third-order valence-corrected chi connectivity index (χ3v) is 3.17. The molecule has 0 spiro atoms. The van der Waals surface area contributed by atoms with E-state index < -0.39 is 0 Å². The molecule has 0 aromatic carbocycles. The number of hydrogen-bond donors (Lipinski definition) is 1. The van der Waals surface area contributed by atoms with Gasteiger partial charge in [0.15, 0.2) is 5.96 Å². The molecule has 1 amide bonds. The Labute approximate surface area is 125 Å². The summed E-state index contributed by atoms with van der Waals surface area (Å²) in [4.78, 5) is 19.7. The number of amides is 1. The van der Waals surface area contributed by atoms with Crippen LogP contribution in [0, 0.1) is 0 Å². The molecule has 7 heteroatoms. The topological polar surface area (TPSA) is 71.2 Å². The standard InChI is InChI=1S/C11H20N4O2.HI/c12-11(15-5-7-17-8-6-15)13-9-10(16)14-3-1-2-4-14;/h1-9H2,(H2,12,13);1H. The van der Waals surface area contributed by atoms with E-state index in [1.165, 1.54) is 0 Å². The predicted octanol–water partition coefficient (Wildman–Crippen LogP) is -0.126. The van der Waals surface area contributed by atoms with Crippen molar-refractivity contribution in [1.29, 1.82) is 0 Å². The molecule has 0 radical (unpaired) electrons. The molecule has 0 aromatic heterocycles. The highest BCUT2D eigenvalue weighted by Crippen LogP contribution is 2.07. The highest BCUT2D eigenvalue weighted by molar-refractivity contribution is 14.0. The lowest BCUT2D eigenvalue weighted by molar-refractivity contribution is -0.128. The first-order valence-electron chi connectivity index (χ1n) is 6.18. The van der Waals surface area contributed by atoms with Crippen LogP contribution in [-0.4, -0.2) is 67.6 Å². The molecule has 104 valence electrons. The lowest BCUT2D eigenvalue weighted by Crippen LogP contribution is -2.45. The fourth-order valence-electron chi connectivity index (χ4n) is 2.11. The molecule has 6 nitrogen and oxygen atoms in total. The van der Waals surface area contributed by atoms with Gasteiger partial charge in [-0.2, -0.15) is 0 Å². The average molecular weight is 368 g/mol. The third kappa shape index (κ3) is 4.27. The number of ether oxygens (including phenoxy) is 1. The van der Waals surface area contributed by atoms with Crippen molar-refractivity contribution in [3.63, 3.8) is 0 Å². The zero-order valence-corrected chi connectivity index (χ0v) is 12.8. The number of nitrogens with zero attached hydrogens (tertiary/aromatic N) is 3. The van der Waals surface area contributed by atoms with Crippen molar-refractivity contribution in [2.24, 2.45) is 10.7 Å². The van der Waals surface area contributed by atoms with Crippen LogP contribution in [0.1, 0.15) is 12.8 Å². The second-order valence-corrected chi connectivity index (χ2v) is 4.36. The Morgan fingerprint density at radius 3 is 2.33 bits per heavy atom. The molecular formula is C11H21IN4O2. The first-order chi connectivity index (χ1) is 8.27.